The first kappa shape index (κ1) is 23.3. The molecule has 186 valence electrons. The van der Waals surface area contributed by atoms with Crippen LogP contribution in [-0.4, -0.2) is 0 Å². The number of benzene rings is 6. The number of hydrogen-bond donors (Lipinski definition) is 0. The smallest absolute Gasteiger partial charge is 0.143 e. The first-order valence-electron chi connectivity index (χ1n) is 13.4. The van der Waals surface area contributed by atoms with Gasteiger partial charge in [0.2, 0.25) is 0 Å². The van der Waals surface area contributed by atoms with E-state index in [9.17, 15) is 0 Å². The Hall–Kier alpha value is -4.88. The van der Waals surface area contributed by atoms with Gasteiger partial charge in [0.15, 0.2) is 0 Å². The average Bonchev–Trinajstić information content (AvgIpc) is 3.34. The van der Waals surface area contributed by atoms with Gasteiger partial charge in [-0.25, -0.2) is 0 Å². The standard InChI is InChI=1S/C38H28O/c1-4-11-25-17-20-32-33-23-27(18-21-35(33)39-38(32)28(25)5-2)37-30-15-10-9-14-29(30)36(26-12-7-6-8-13-26)31-19-16-24(3)22-34(31)37/h4-23H,2H2,1,3H3/b11-4-. The Labute approximate surface area is 228 Å². The number of furan rings is 1. The fraction of sp³-hybridized carbons (Fsp3) is 0.0526. The molecule has 0 aliphatic heterocycles. The van der Waals surface area contributed by atoms with Crippen LogP contribution in [0.1, 0.15) is 23.6 Å². The summed E-state index contributed by atoms with van der Waals surface area (Å²) >= 11 is 0. The lowest BCUT2D eigenvalue weighted by atomic mass is 9.85. The zero-order valence-corrected chi connectivity index (χ0v) is 22.2. The van der Waals surface area contributed by atoms with Gasteiger partial charge in [-0.2, -0.15) is 0 Å². The van der Waals surface area contributed by atoms with Gasteiger partial charge in [-0.05, 0) is 81.4 Å². The topological polar surface area (TPSA) is 13.1 Å². The second-order valence-electron chi connectivity index (χ2n) is 10.2. The van der Waals surface area contributed by atoms with Gasteiger partial charge in [-0.3, -0.25) is 0 Å². The van der Waals surface area contributed by atoms with Crippen molar-refractivity contribution in [3.8, 4) is 22.3 Å². The van der Waals surface area contributed by atoms with Crippen LogP contribution in [0.3, 0.4) is 0 Å². The number of fused-ring (bicyclic) bond motifs is 5. The molecule has 0 atom stereocenters. The van der Waals surface area contributed by atoms with E-state index < -0.39 is 0 Å². The van der Waals surface area contributed by atoms with Crippen LogP contribution in [0.4, 0.5) is 0 Å². The predicted molar refractivity (Wildman–Crippen MR) is 169 cm³/mol. The molecule has 1 nitrogen and oxygen atoms in total. The number of aryl methyl sites for hydroxylation is 1. The maximum Gasteiger partial charge on any atom is 0.143 e. The van der Waals surface area contributed by atoms with E-state index in [0.717, 1.165) is 33.1 Å². The molecule has 0 saturated heterocycles. The summed E-state index contributed by atoms with van der Waals surface area (Å²) in [6.07, 6.45) is 6.04. The lowest BCUT2D eigenvalue weighted by Gasteiger charge is -2.18. The Morgan fingerprint density at radius 2 is 1.31 bits per heavy atom. The highest BCUT2D eigenvalue weighted by molar-refractivity contribution is 6.22. The quantitative estimate of drug-likeness (QED) is 0.219. The highest BCUT2D eigenvalue weighted by Crippen LogP contribution is 2.45. The molecule has 0 saturated carbocycles. The molecule has 0 amide bonds. The van der Waals surface area contributed by atoms with E-state index in [0.29, 0.717) is 0 Å². The molecule has 0 N–H and O–H groups in total. The van der Waals surface area contributed by atoms with Crippen molar-refractivity contribution in [3.05, 3.63) is 132 Å². The third kappa shape index (κ3) is 3.62. The third-order valence-corrected chi connectivity index (χ3v) is 7.79. The van der Waals surface area contributed by atoms with Gasteiger partial charge >= 0.3 is 0 Å². The van der Waals surface area contributed by atoms with Crippen LogP contribution in [0.2, 0.25) is 0 Å². The minimum atomic E-state index is 0.887. The monoisotopic (exact) mass is 500 g/mol. The minimum absolute atomic E-state index is 0.887. The summed E-state index contributed by atoms with van der Waals surface area (Å²) in [4.78, 5) is 0. The van der Waals surface area contributed by atoms with Crippen molar-refractivity contribution in [2.75, 3.05) is 0 Å². The third-order valence-electron chi connectivity index (χ3n) is 7.79. The van der Waals surface area contributed by atoms with Gasteiger partial charge in [0.1, 0.15) is 11.2 Å². The molecular weight excluding hydrogens is 472 g/mol. The van der Waals surface area contributed by atoms with Crippen molar-refractivity contribution in [2.24, 2.45) is 0 Å². The normalized spacial score (nSPS) is 11.8. The molecule has 1 heterocycles. The molecule has 0 spiro atoms. The zero-order valence-electron chi connectivity index (χ0n) is 22.2. The Kier molecular flexibility index (Phi) is 5.45. The Morgan fingerprint density at radius 3 is 2.05 bits per heavy atom. The Balaban J connectivity index is 1.59. The zero-order chi connectivity index (χ0) is 26.5. The SMILES string of the molecule is C=Cc1c(/C=C\C)ccc2c1oc1ccc(-c3c4ccccc4c(-c4ccccc4)c4ccc(C)cc34)cc12. The molecule has 6 aromatic carbocycles. The van der Waals surface area contributed by atoms with Crippen LogP contribution in [0.25, 0.3) is 77.9 Å². The molecule has 7 aromatic rings. The molecule has 0 fully saturated rings. The second-order valence-corrected chi connectivity index (χ2v) is 10.2. The summed E-state index contributed by atoms with van der Waals surface area (Å²) in [7, 11) is 0. The lowest BCUT2D eigenvalue weighted by Crippen LogP contribution is -1.91. The lowest BCUT2D eigenvalue weighted by molar-refractivity contribution is 0.668. The van der Waals surface area contributed by atoms with Gasteiger partial charge in [-0.15, -0.1) is 0 Å². The highest BCUT2D eigenvalue weighted by atomic mass is 16.3. The maximum atomic E-state index is 6.42. The molecule has 1 aromatic heterocycles. The predicted octanol–water partition coefficient (Wildman–Crippen LogP) is 11.2. The minimum Gasteiger partial charge on any atom is -0.455 e. The molecule has 0 unspecified atom stereocenters. The van der Waals surface area contributed by atoms with Crippen molar-refractivity contribution in [1.29, 1.82) is 0 Å². The maximum absolute atomic E-state index is 6.42. The van der Waals surface area contributed by atoms with E-state index in [-0.39, 0.29) is 0 Å². The Morgan fingerprint density at radius 1 is 0.615 bits per heavy atom. The van der Waals surface area contributed by atoms with E-state index in [2.05, 4.69) is 123 Å². The van der Waals surface area contributed by atoms with Crippen LogP contribution in [0.15, 0.2) is 120 Å². The molecule has 7 rings (SSSR count). The molecule has 0 radical (unpaired) electrons. The number of rotatable bonds is 4. The molecule has 0 aliphatic rings. The van der Waals surface area contributed by atoms with Crippen molar-refractivity contribution < 1.29 is 4.42 Å². The second kappa shape index (κ2) is 9.15. The van der Waals surface area contributed by atoms with E-state index in [1.54, 1.807) is 0 Å². The van der Waals surface area contributed by atoms with Gasteiger partial charge in [0.05, 0.1) is 0 Å². The van der Waals surface area contributed by atoms with E-state index in [1.165, 1.54) is 49.4 Å². The summed E-state index contributed by atoms with van der Waals surface area (Å²) in [6, 6.07) is 37.3. The van der Waals surface area contributed by atoms with E-state index in [4.69, 9.17) is 4.42 Å². The van der Waals surface area contributed by atoms with E-state index in [1.807, 2.05) is 19.1 Å². The molecule has 0 aliphatic carbocycles. The average molecular weight is 501 g/mol. The first-order valence-corrected chi connectivity index (χ1v) is 13.4. The van der Waals surface area contributed by atoms with Crippen LogP contribution in [0, 0.1) is 6.92 Å². The van der Waals surface area contributed by atoms with Crippen LogP contribution in [0.5, 0.6) is 0 Å². The van der Waals surface area contributed by atoms with Crippen LogP contribution < -0.4 is 0 Å². The van der Waals surface area contributed by atoms with Gasteiger partial charge < -0.3 is 4.42 Å². The van der Waals surface area contributed by atoms with E-state index >= 15 is 0 Å². The summed E-state index contributed by atoms with van der Waals surface area (Å²) in [5, 5.41) is 7.28. The number of hydrogen-bond acceptors (Lipinski definition) is 1. The molecular formula is C38H28O. The summed E-state index contributed by atoms with van der Waals surface area (Å²) < 4.78 is 6.42. The Bertz CT molecular complexity index is 2090. The molecule has 0 bridgehead atoms. The first-order chi connectivity index (χ1) is 19.2. The van der Waals surface area contributed by atoms with Crippen LogP contribution in [-0.2, 0) is 0 Å². The van der Waals surface area contributed by atoms with Crippen molar-refractivity contribution in [3.63, 3.8) is 0 Å². The summed E-state index contributed by atoms with van der Waals surface area (Å²) in [6.45, 7) is 8.28. The number of allylic oxidation sites excluding steroid dienone is 1. The highest BCUT2D eigenvalue weighted by Gasteiger charge is 2.18. The summed E-state index contributed by atoms with van der Waals surface area (Å²) in [5.74, 6) is 0. The van der Waals surface area contributed by atoms with Gasteiger partial charge in [0, 0.05) is 16.3 Å². The fourth-order valence-electron chi connectivity index (χ4n) is 6.09. The van der Waals surface area contributed by atoms with Crippen molar-refractivity contribution in [1.82, 2.24) is 0 Å². The van der Waals surface area contributed by atoms with Crippen LogP contribution >= 0.6 is 0 Å². The fourth-order valence-corrected chi connectivity index (χ4v) is 6.09. The van der Waals surface area contributed by atoms with Crippen molar-refractivity contribution >= 4 is 55.6 Å². The largest absolute Gasteiger partial charge is 0.455 e. The van der Waals surface area contributed by atoms with Gasteiger partial charge in [-0.1, -0.05) is 115 Å². The summed E-state index contributed by atoms with van der Waals surface area (Å²) in [5.41, 5.74) is 10.1. The molecule has 39 heavy (non-hydrogen) atoms. The van der Waals surface area contributed by atoms with Crippen molar-refractivity contribution in [2.45, 2.75) is 13.8 Å². The molecule has 1 heteroatoms. The van der Waals surface area contributed by atoms with Gasteiger partial charge in [0.25, 0.3) is 0 Å².